The van der Waals surface area contributed by atoms with E-state index in [-0.39, 0.29) is 24.1 Å². The van der Waals surface area contributed by atoms with Crippen LogP contribution in [-0.4, -0.2) is 60.4 Å². The van der Waals surface area contributed by atoms with Gasteiger partial charge in [0.05, 0.1) is 18.2 Å². The minimum atomic E-state index is -0.401. The molecule has 4 rings (SSSR count). The maximum absolute atomic E-state index is 13.1. The summed E-state index contributed by atoms with van der Waals surface area (Å²) in [6.45, 7) is 4.39. The molecule has 1 unspecified atom stereocenters. The Morgan fingerprint density at radius 1 is 1.04 bits per heavy atom. The molecule has 0 saturated carbocycles. The van der Waals surface area contributed by atoms with Gasteiger partial charge in [-0.05, 0) is 42.1 Å². The molecule has 5 nitrogen and oxygen atoms in total. The first-order valence-corrected chi connectivity index (χ1v) is 10.1. The van der Waals surface area contributed by atoms with E-state index in [0.29, 0.717) is 5.69 Å². The van der Waals surface area contributed by atoms with Crippen LogP contribution >= 0.6 is 11.3 Å². The molecular formula is C20H22FN3O2S. The smallest absolute Gasteiger partial charge is 0.251 e. The van der Waals surface area contributed by atoms with Gasteiger partial charge in [0.1, 0.15) is 5.82 Å². The first-order valence-electron chi connectivity index (χ1n) is 9.23. The van der Waals surface area contributed by atoms with Crippen molar-refractivity contribution in [2.75, 3.05) is 37.6 Å². The second kappa shape index (κ2) is 7.88. The number of hydrogen-bond donors (Lipinski definition) is 0. The van der Waals surface area contributed by atoms with E-state index in [4.69, 9.17) is 0 Å². The summed E-state index contributed by atoms with van der Waals surface area (Å²) in [5.74, 6) is -0.788. The molecule has 2 aliphatic heterocycles. The first kappa shape index (κ1) is 18.3. The molecule has 2 aromatic rings. The quantitative estimate of drug-likeness (QED) is 0.739. The highest BCUT2D eigenvalue weighted by molar-refractivity contribution is 7.09. The van der Waals surface area contributed by atoms with Gasteiger partial charge in [0.15, 0.2) is 0 Å². The number of halogens is 1. The third-order valence-electron chi connectivity index (χ3n) is 5.31. The Morgan fingerprint density at radius 3 is 2.44 bits per heavy atom. The summed E-state index contributed by atoms with van der Waals surface area (Å²) in [7, 11) is 0. The van der Waals surface area contributed by atoms with E-state index in [1.165, 1.54) is 34.0 Å². The summed E-state index contributed by atoms with van der Waals surface area (Å²) in [6.07, 6.45) is 1.25. The highest BCUT2D eigenvalue weighted by Gasteiger charge is 2.43. The Labute approximate surface area is 162 Å². The molecule has 7 heteroatoms. The number of piperazine rings is 1. The van der Waals surface area contributed by atoms with Gasteiger partial charge in [-0.3, -0.25) is 14.5 Å². The molecule has 2 aliphatic rings. The van der Waals surface area contributed by atoms with E-state index in [1.807, 2.05) is 0 Å². The Kier molecular flexibility index (Phi) is 5.33. The molecule has 142 valence electrons. The van der Waals surface area contributed by atoms with E-state index in [2.05, 4.69) is 27.3 Å². The molecule has 0 bridgehead atoms. The monoisotopic (exact) mass is 387 g/mol. The maximum atomic E-state index is 13.1. The van der Waals surface area contributed by atoms with Crippen molar-refractivity contribution in [2.24, 2.45) is 0 Å². The van der Waals surface area contributed by atoms with Gasteiger partial charge in [-0.2, -0.15) is 0 Å². The number of amides is 2. The minimum absolute atomic E-state index is 0.196. The molecule has 2 saturated heterocycles. The zero-order valence-electron chi connectivity index (χ0n) is 15.0. The first-order chi connectivity index (χ1) is 13.1. The van der Waals surface area contributed by atoms with Crippen LogP contribution < -0.4 is 4.90 Å². The lowest BCUT2D eigenvalue weighted by Crippen LogP contribution is -2.52. The van der Waals surface area contributed by atoms with E-state index in [9.17, 15) is 14.0 Å². The van der Waals surface area contributed by atoms with Crippen molar-refractivity contribution < 1.29 is 14.0 Å². The Hall–Kier alpha value is -2.09. The summed E-state index contributed by atoms with van der Waals surface area (Å²) in [5.41, 5.74) is 0.448. The molecule has 1 aromatic carbocycles. The second-order valence-corrected chi connectivity index (χ2v) is 8.00. The van der Waals surface area contributed by atoms with Gasteiger partial charge in [-0.25, -0.2) is 9.29 Å². The SMILES string of the molecule is O=C1CC(N2CCN(CCc3cccs3)CC2)C(=O)N1c1ccc(F)cc1. The van der Waals surface area contributed by atoms with Crippen molar-refractivity contribution >= 4 is 28.8 Å². The third kappa shape index (κ3) is 3.95. The number of rotatable bonds is 5. The van der Waals surface area contributed by atoms with Crippen LogP contribution in [0.5, 0.6) is 0 Å². The molecule has 2 amide bonds. The lowest BCUT2D eigenvalue weighted by atomic mass is 10.1. The summed E-state index contributed by atoms with van der Waals surface area (Å²) >= 11 is 1.78. The predicted molar refractivity (Wildman–Crippen MR) is 103 cm³/mol. The number of thiophene rings is 1. The lowest BCUT2D eigenvalue weighted by molar-refractivity contribution is -0.123. The molecule has 2 fully saturated rings. The Morgan fingerprint density at radius 2 is 1.78 bits per heavy atom. The summed E-state index contributed by atoms with van der Waals surface area (Å²) in [6, 6.07) is 9.35. The fourth-order valence-electron chi connectivity index (χ4n) is 3.78. The zero-order valence-corrected chi connectivity index (χ0v) is 15.8. The van der Waals surface area contributed by atoms with Crippen molar-refractivity contribution in [3.63, 3.8) is 0 Å². The zero-order chi connectivity index (χ0) is 18.8. The number of hydrogen-bond acceptors (Lipinski definition) is 5. The largest absolute Gasteiger partial charge is 0.300 e. The van der Waals surface area contributed by atoms with Crippen LogP contribution in [0.25, 0.3) is 0 Å². The fourth-order valence-corrected chi connectivity index (χ4v) is 4.48. The van der Waals surface area contributed by atoms with Gasteiger partial charge in [-0.1, -0.05) is 6.07 Å². The Balaban J connectivity index is 1.34. The van der Waals surface area contributed by atoms with E-state index < -0.39 is 6.04 Å². The molecule has 27 heavy (non-hydrogen) atoms. The highest BCUT2D eigenvalue weighted by Crippen LogP contribution is 2.26. The van der Waals surface area contributed by atoms with Crippen molar-refractivity contribution in [3.05, 3.63) is 52.5 Å². The van der Waals surface area contributed by atoms with E-state index in [1.54, 1.807) is 11.3 Å². The molecule has 0 aliphatic carbocycles. The molecule has 1 atom stereocenters. The second-order valence-electron chi connectivity index (χ2n) is 6.97. The van der Waals surface area contributed by atoms with Crippen LogP contribution in [0.1, 0.15) is 11.3 Å². The van der Waals surface area contributed by atoms with Crippen LogP contribution in [0.15, 0.2) is 41.8 Å². The number of benzene rings is 1. The standard InChI is InChI=1S/C20H22FN3O2S/c21-15-3-5-16(6-4-15)24-19(25)14-18(20(24)26)23-11-9-22(10-12-23)8-7-17-2-1-13-27-17/h1-6,13,18H,7-12,14H2. The van der Waals surface area contributed by atoms with Crippen molar-refractivity contribution in [1.29, 1.82) is 0 Å². The number of nitrogens with zero attached hydrogens (tertiary/aromatic N) is 3. The fraction of sp³-hybridized carbons (Fsp3) is 0.400. The van der Waals surface area contributed by atoms with Crippen LogP contribution in [0.4, 0.5) is 10.1 Å². The van der Waals surface area contributed by atoms with Crippen LogP contribution in [0.2, 0.25) is 0 Å². The van der Waals surface area contributed by atoms with Gasteiger partial charge >= 0.3 is 0 Å². The topological polar surface area (TPSA) is 43.9 Å². The Bertz CT molecular complexity index is 801. The van der Waals surface area contributed by atoms with Crippen molar-refractivity contribution in [2.45, 2.75) is 18.9 Å². The van der Waals surface area contributed by atoms with E-state index in [0.717, 1.165) is 39.1 Å². The summed E-state index contributed by atoms with van der Waals surface area (Å²) in [4.78, 5) is 32.3. The third-order valence-corrected chi connectivity index (χ3v) is 6.25. The molecule has 0 N–H and O–H groups in total. The summed E-state index contributed by atoms with van der Waals surface area (Å²) in [5, 5.41) is 2.10. The number of anilines is 1. The van der Waals surface area contributed by atoms with Crippen molar-refractivity contribution in [3.8, 4) is 0 Å². The van der Waals surface area contributed by atoms with Crippen molar-refractivity contribution in [1.82, 2.24) is 9.80 Å². The average molecular weight is 387 g/mol. The summed E-state index contributed by atoms with van der Waals surface area (Å²) < 4.78 is 13.1. The van der Waals surface area contributed by atoms with Gasteiger partial charge in [0.25, 0.3) is 5.91 Å². The number of imide groups is 1. The molecule has 0 spiro atoms. The lowest BCUT2D eigenvalue weighted by Gasteiger charge is -2.37. The van der Waals surface area contributed by atoms with Gasteiger partial charge in [0, 0.05) is 37.6 Å². The van der Waals surface area contributed by atoms with Crippen LogP contribution in [0, 0.1) is 5.82 Å². The van der Waals surface area contributed by atoms with Crippen LogP contribution in [0.3, 0.4) is 0 Å². The van der Waals surface area contributed by atoms with Gasteiger partial charge < -0.3 is 4.90 Å². The maximum Gasteiger partial charge on any atom is 0.251 e. The number of carbonyl (C=O) groups excluding carboxylic acids is 2. The predicted octanol–water partition coefficient (Wildman–Crippen LogP) is 2.38. The minimum Gasteiger partial charge on any atom is -0.300 e. The highest BCUT2D eigenvalue weighted by atomic mass is 32.1. The molecule has 1 aromatic heterocycles. The van der Waals surface area contributed by atoms with Gasteiger partial charge in [-0.15, -0.1) is 11.3 Å². The van der Waals surface area contributed by atoms with Gasteiger partial charge in [0.2, 0.25) is 5.91 Å². The normalized spacial score (nSPS) is 22.0. The van der Waals surface area contributed by atoms with Crippen LogP contribution in [-0.2, 0) is 16.0 Å². The molecule has 3 heterocycles. The number of carbonyl (C=O) groups is 2. The molecule has 0 radical (unpaired) electrons. The molecular weight excluding hydrogens is 365 g/mol. The van der Waals surface area contributed by atoms with E-state index >= 15 is 0 Å². The average Bonchev–Trinajstić information content (AvgIpc) is 3.30.